The van der Waals surface area contributed by atoms with Crippen LogP contribution in [-0.4, -0.2) is 32.7 Å². The molecule has 1 aromatic carbocycles. The fourth-order valence-corrected chi connectivity index (χ4v) is 1.79. The molecule has 4 nitrogen and oxygen atoms in total. The molecule has 0 aliphatic rings. The molecule has 1 aromatic rings. The van der Waals surface area contributed by atoms with Crippen LogP contribution in [0, 0.1) is 0 Å². The minimum absolute atomic E-state index is 0.183. The van der Waals surface area contributed by atoms with Gasteiger partial charge in [0, 0.05) is 13.2 Å². The molecule has 0 heterocycles. The quantitative estimate of drug-likeness (QED) is 0.720. The first-order valence-electron chi connectivity index (χ1n) is 6.33. The number of methoxy groups -OCH3 is 1. The summed E-state index contributed by atoms with van der Waals surface area (Å²) in [6, 6.07) is 7.69. The molecule has 1 unspecified atom stereocenters. The summed E-state index contributed by atoms with van der Waals surface area (Å²) in [5.41, 5.74) is 7.24. The van der Waals surface area contributed by atoms with Crippen molar-refractivity contribution in [3.05, 3.63) is 29.8 Å². The van der Waals surface area contributed by atoms with E-state index in [2.05, 4.69) is 0 Å². The molecule has 0 amide bonds. The molecule has 0 saturated carbocycles. The first-order valence-corrected chi connectivity index (χ1v) is 6.33. The van der Waals surface area contributed by atoms with E-state index in [-0.39, 0.29) is 12.3 Å². The number of ether oxygens (including phenoxy) is 3. The molecule has 1 rings (SSSR count). The number of hydrogen-bond donors (Lipinski definition) is 1. The van der Waals surface area contributed by atoms with Gasteiger partial charge in [0.05, 0.1) is 13.2 Å². The summed E-state index contributed by atoms with van der Waals surface area (Å²) in [4.78, 5) is 0. The minimum Gasteiger partial charge on any atom is -0.497 e. The van der Waals surface area contributed by atoms with Crippen LogP contribution in [-0.2, 0) is 15.9 Å². The van der Waals surface area contributed by atoms with Crippen molar-refractivity contribution in [1.29, 1.82) is 0 Å². The lowest BCUT2D eigenvalue weighted by Crippen LogP contribution is -2.40. The highest BCUT2D eigenvalue weighted by Gasteiger charge is 2.18. The van der Waals surface area contributed by atoms with Crippen LogP contribution >= 0.6 is 0 Å². The highest BCUT2D eigenvalue weighted by Crippen LogP contribution is 2.15. The summed E-state index contributed by atoms with van der Waals surface area (Å²) in [5, 5.41) is 0. The normalized spacial score (nSPS) is 12.7. The van der Waals surface area contributed by atoms with Crippen LogP contribution in [0.15, 0.2) is 24.3 Å². The molecule has 0 spiro atoms. The van der Waals surface area contributed by atoms with Gasteiger partial charge in [-0.3, -0.25) is 0 Å². The summed E-state index contributed by atoms with van der Waals surface area (Å²) < 4.78 is 16.2. The highest BCUT2D eigenvalue weighted by molar-refractivity contribution is 5.28. The molecule has 0 aliphatic carbocycles. The van der Waals surface area contributed by atoms with Crippen LogP contribution in [0.1, 0.15) is 19.4 Å². The number of hydrogen-bond acceptors (Lipinski definition) is 4. The summed E-state index contributed by atoms with van der Waals surface area (Å²) in [6.45, 7) is 5.06. The van der Waals surface area contributed by atoms with E-state index >= 15 is 0 Å². The zero-order valence-corrected chi connectivity index (χ0v) is 11.4. The average molecular weight is 253 g/mol. The van der Waals surface area contributed by atoms with Crippen LogP contribution in [0.3, 0.4) is 0 Å². The Bertz CT molecular complexity index is 338. The van der Waals surface area contributed by atoms with Crippen LogP contribution in [0.25, 0.3) is 0 Å². The van der Waals surface area contributed by atoms with Crippen molar-refractivity contribution in [1.82, 2.24) is 0 Å². The fraction of sp³-hybridized carbons (Fsp3) is 0.571. The van der Waals surface area contributed by atoms with Gasteiger partial charge in [-0.05, 0) is 38.0 Å². The van der Waals surface area contributed by atoms with Crippen molar-refractivity contribution in [2.75, 3.05) is 20.3 Å². The van der Waals surface area contributed by atoms with E-state index in [0.29, 0.717) is 19.6 Å². The van der Waals surface area contributed by atoms with Crippen molar-refractivity contribution < 1.29 is 14.2 Å². The van der Waals surface area contributed by atoms with Gasteiger partial charge in [-0.25, -0.2) is 0 Å². The second-order valence-electron chi connectivity index (χ2n) is 4.00. The lowest BCUT2D eigenvalue weighted by Gasteiger charge is -2.23. The first-order chi connectivity index (χ1) is 8.71. The van der Waals surface area contributed by atoms with E-state index in [1.54, 1.807) is 7.11 Å². The van der Waals surface area contributed by atoms with Crippen LogP contribution in [0.4, 0.5) is 0 Å². The Kier molecular flexibility index (Phi) is 6.72. The molecular formula is C14H23NO3. The monoisotopic (exact) mass is 253 g/mol. The van der Waals surface area contributed by atoms with Gasteiger partial charge in [-0.15, -0.1) is 0 Å². The van der Waals surface area contributed by atoms with Gasteiger partial charge >= 0.3 is 0 Å². The van der Waals surface area contributed by atoms with E-state index in [1.165, 1.54) is 0 Å². The molecule has 4 heteroatoms. The van der Waals surface area contributed by atoms with Gasteiger partial charge in [0.15, 0.2) is 6.29 Å². The molecular weight excluding hydrogens is 230 g/mol. The Labute approximate surface area is 109 Å². The van der Waals surface area contributed by atoms with Gasteiger partial charge in [0.2, 0.25) is 0 Å². The van der Waals surface area contributed by atoms with Gasteiger partial charge in [-0.2, -0.15) is 0 Å². The zero-order valence-electron chi connectivity index (χ0n) is 11.4. The molecule has 1 atom stereocenters. The maximum atomic E-state index is 6.12. The predicted molar refractivity (Wildman–Crippen MR) is 71.7 cm³/mol. The van der Waals surface area contributed by atoms with Gasteiger partial charge < -0.3 is 19.9 Å². The largest absolute Gasteiger partial charge is 0.497 e. The third kappa shape index (κ3) is 4.64. The molecule has 0 aromatic heterocycles. The topological polar surface area (TPSA) is 53.7 Å². The maximum absolute atomic E-state index is 6.12. The van der Waals surface area contributed by atoms with Crippen LogP contribution in [0.2, 0.25) is 0 Å². The number of benzene rings is 1. The Morgan fingerprint density at radius 1 is 1.17 bits per heavy atom. The molecule has 0 aliphatic heterocycles. The summed E-state index contributed by atoms with van der Waals surface area (Å²) >= 11 is 0. The first kappa shape index (κ1) is 15.0. The van der Waals surface area contributed by atoms with E-state index < -0.39 is 0 Å². The highest BCUT2D eigenvalue weighted by atomic mass is 16.7. The summed E-state index contributed by atoms with van der Waals surface area (Å²) in [5.74, 6) is 0.837. The lowest BCUT2D eigenvalue weighted by molar-refractivity contribution is -0.148. The second kappa shape index (κ2) is 8.08. The average Bonchev–Trinajstić information content (AvgIpc) is 2.38. The van der Waals surface area contributed by atoms with Crippen molar-refractivity contribution >= 4 is 0 Å². The third-order valence-corrected chi connectivity index (χ3v) is 2.62. The van der Waals surface area contributed by atoms with Crippen molar-refractivity contribution in [3.8, 4) is 5.75 Å². The lowest BCUT2D eigenvalue weighted by atomic mass is 10.1. The molecule has 0 saturated heterocycles. The van der Waals surface area contributed by atoms with Gasteiger partial charge in [-0.1, -0.05) is 12.1 Å². The van der Waals surface area contributed by atoms with Crippen molar-refractivity contribution in [2.45, 2.75) is 32.6 Å². The minimum atomic E-state index is -0.355. The van der Waals surface area contributed by atoms with Crippen molar-refractivity contribution in [3.63, 3.8) is 0 Å². The SMILES string of the molecule is CCOC(OCC)C(N)Cc1cccc(OC)c1. The van der Waals surface area contributed by atoms with E-state index in [1.807, 2.05) is 38.1 Å². The Morgan fingerprint density at radius 3 is 2.39 bits per heavy atom. The van der Waals surface area contributed by atoms with Gasteiger partial charge in [0.1, 0.15) is 5.75 Å². The molecule has 0 fully saturated rings. The maximum Gasteiger partial charge on any atom is 0.172 e. The molecule has 0 bridgehead atoms. The van der Waals surface area contributed by atoms with E-state index in [9.17, 15) is 0 Å². The predicted octanol–water partition coefficient (Wildman–Crippen LogP) is 1.96. The third-order valence-electron chi connectivity index (χ3n) is 2.62. The zero-order chi connectivity index (χ0) is 13.4. The second-order valence-corrected chi connectivity index (χ2v) is 4.00. The van der Waals surface area contributed by atoms with E-state index in [0.717, 1.165) is 11.3 Å². The summed E-state index contributed by atoms with van der Waals surface area (Å²) in [7, 11) is 1.65. The molecule has 18 heavy (non-hydrogen) atoms. The molecule has 2 N–H and O–H groups in total. The standard InChI is InChI=1S/C14H23NO3/c1-4-17-14(18-5-2)13(15)10-11-7-6-8-12(9-11)16-3/h6-9,13-14H,4-5,10,15H2,1-3H3. The smallest absolute Gasteiger partial charge is 0.172 e. The number of rotatable bonds is 8. The Morgan fingerprint density at radius 2 is 1.83 bits per heavy atom. The summed E-state index contributed by atoms with van der Waals surface area (Å²) in [6.07, 6.45) is 0.341. The Balaban J connectivity index is 2.62. The van der Waals surface area contributed by atoms with Crippen LogP contribution in [0.5, 0.6) is 5.75 Å². The van der Waals surface area contributed by atoms with E-state index in [4.69, 9.17) is 19.9 Å². The van der Waals surface area contributed by atoms with Crippen molar-refractivity contribution in [2.24, 2.45) is 5.73 Å². The fourth-order valence-electron chi connectivity index (χ4n) is 1.79. The van der Waals surface area contributed by atoms with Gasteiger partial charge in [0.25, 0.3) is 0 Å². The molecule has 102 valence electrons. The number of nitrogens with two attached hydrogens (primary N) is 1. The van der Waals surface area contributed by atoms with Crippen LogP contribution < -0.4 is 10.5 Å². The molecule has 0 radical (unpaired) electrons. The Hall–Kier alpha value is -1.10.